The van der Waals surface area contributed by atoms with Crippen LogP contribution < -0.4 is 0 Å². The molecule has 8 heteroatoms. The molecule has 0 saturated heterocycles. The Balaban J connectivity index is 1.40. The average Bonchev–Trinajstić information content (AvgIpc) is 3.75. The standard InChI is InChI=1S/C32H24N6O2/c1-4-11-23(12-5-1)19-34-40-21-27-35-32-29-28(24-13-6-2-7-14-24)30(25-15-8-3-9-16-25)37(20-26-17-10-18-39-26)31(29)33-22-38(32)36-27/h1-19,22H,20-21H2/b34-19-. The summed E-state index contributed by atoms with van der Waals surface area (Å²) in [5.41, 5.74) is 6.65. The minimum absolute atomic E-state index is 0.131. The Labute approximate surface area is 229 Å². The number of benzene rings is 3. The molecular weight excluding hydrogens is 500 g/mol. The van der Waals surface area contributed by atoms with Crippen LogP contribution in [0.15, 0.2) is 125 Å². The zero-order valence-electron chi connectivity index (χ0n) is 21.5. The van der Waals surface area contributed by atoms with E-state index in [2.05, 4.69) is 39.1 Å². The summed E-state index contributed by atoms with van der Waals surface area (Å²) in [4.78, 5) is 15.3. The van der Waals surface area contributed by atoms with Gasteiger partial charge in [-0.25, -0.2) is 14.5 Å². The van der Waals surface area contributed by atoms with Crippen LogP contribution in [0.25, 0.3) is 39.1 Å². The van der Waals surface area contributed by atoms with E-state index >= 15 is 0 Å². The van der Waals surface area contributed by atoms with Crippen molar-refractivity contribution in [2.45, 2.75) is 13.2 Å². The summed E-state index contributed by atoms with van der Waals surface area (Å²) in [5.74, 6) is 1.35. The summed E-state index contributed by atoms with van der Waals surface area (Å²) in [7, 11) is 0. The predicted molar refractivity (Wildman–Crippen MR) is 154 cm³/mol. The third kappa shape index (κ3) is 4.41. The van der Waals surface area contributed by atoms with E-state index in [4.69, 9.17) is 19.2 Å². The molecule has 8 nitrogen and oxygen atoms in total. The molecule has 0 atom stereocenters. The normalized spacial score (nSPS) is 11.6. The SMILES string of the molecule is C(=N/OCc1nc2c3c(-c4ccccc4)c(-c4ccccc4)n(Cc4ccco4)c3ncn2n1)/c1ccccc1. The van der Waals surface area contributed by atoms with Crippen LogP contribution in [-0.4, -0.2) is 30.4 Å². The zero-order valence-corrected chi connectivity index (χ0v) is 21.5. The van der Waals surface area contributed by atoms with E-state index in [9.17, 15) is 0 Å². The van der Waals surface area contributed by atoms with Gasteiger partial charge in [0, 0.05) is 5.56 Å². The molecule has 7 aromatic rings. The van der Waals surface area contributed by atoms with Crippen molar-refractivity contribution >= 4 is 22.9 Å². The van der Waals surface area contributed by atoms with Gasteiger partial charge in [-0.05, 0) is 28.8 Å². The maximum Gasteiger partial charge on any atom is 0.192 e. The molecule has 0 aliphatic carbocycles. The van der Waals surface area contributed by atoms with Gasteiger partial charge in [0.05, 0.1) is 30.1 Å². The highest BCUT2D eigenvalue weighted by molar-refractivity contribution is 6.09. The van der Waals surface area contributed by atoms with Crippen molar-refractivity contribution in [3.8, 4) is 22.4 Å². The molecule has 0 spiro atoms. The van der Waals surface area contributed by atoms with Crippen LogP contribution in [0.2, 0.25) is 0 Å². The lowest BCUT2D eigenvalue weighted by molar-refractivity contribution is 0.126. The summed E-state index contributed by atoms with van der Waals surface area (Å²) in [6.45, 7) is 0.647. The lowest BCUT2D eigenvalue weighted by Gasteiger charge is -2.11. The summed E-state index contributed by atoms with van der Waals surface area (Å²) in [6, 6.07) is 34.3. The first-order valence-corrected chi connectivity index (χ1v) is 13.0. The van der Waals surface area contributed by atoms with Crippen molar-refractivity contribution in [2.24, 2.45) is 5.16 Å². The molecule has 7 rings (SSSR count). The first-order valence-electron chi connectivity index (χ1n) is 13.0. The van der Waals surface area contributed by atoms with Gasteiger partial charge in [-0.2, -0.15) is 0 Å². The number of furan rings is 1. The molecule has 0 aliphatic rings. The Kier molecular flexibility index (Phi) is 6.10. The van der Waals surface area contributed by atoms with Crippen LogP contribution in [0, 0.1) is 0 Å². The minimum Gasteiger partial charge on any atom is -0.467 e. The highest BCUT2D eigenvalue weighted by Gasteiger charge is 2.25. The molecule has 0 N–H and O–H groups in total. The number of hydrogen-bond donors (Lipinski definition) is 0. The van der Waals surface area contributed by atoms with Crippen molar-refractivity contribution in [2.75, 3.05) is 0 Å². The quantitative estimate of drug-likeness (QED) is 0.165. The first-order chi connectivity index (χ1) is 19.8. The number of hydrogen-bond acceptors (Lipinski definition) is 6. The number of aromatic nitrogens is 5. The second kappa shape index (κ2) is 10.3. The van der Waals surface area contributed by atoms with Gasteiger partial charge in [-0.1, -0.05) is 96.2 Å². The number of nitrogens with zero attached hydrogens (tertiary/aromatic N) is 6. The van der Waals surface area contributed by atoms with E-state index in [1.165, 1.54) is 0 Å². The van der Waals surface area contributed by atoms with Gasteiger partial charge in [0.1, 0.15) is 17.7 Å². The van der Waals surface area contributed by atoms with Crippen LogP contribution in [0.4, 0.5) is 0 Å². The Bertz CT molecular complexity index is 1910. The van der Waals surface area contributed by atoms with Gasteiger partial charge in [0.15, 0.2) is 18.1 Å². The van der Waals surface area contributed by atoms with Crippen LogP contribution in [0.3, 0.4) is 0 Å². The van der Waals surface area contributed by atoms with E-state index < -0.39 is 0 Å². The highest BCUT2D eigenvalue weighted by Crippen LogP contribution is 2.42. The summed E-state index contributed by atoms with van der Waals surface area (Å²) < 4.78 is 9.66. The Morgan fingerprint density at radius 3 is 2.25 bits per heavy atom. The molecule has 0 saturated carbocycles. The van der Waals surface area contributed by atoms with E-state index in [1.54, 1.807) is 23.3 Å². The second-order valence-corrected chi connectivity index (χ2v) is 9.28. The molecule has 0 bridgehead atoms. The molecule has 0 amide bonds. The molecule has 0 aliphatic heterocycles. The number of fused-ring (bicyclic) bond motifs is 3. The summed E-state index contributed by atoms with van der Waals surface area (Å²) in [6.07, 6.45) is 5.06. The van der Waals surface area contributed by atoms with Gasteiger partial charge >= 0.3 is 0 Å². The summed E-state index contributed by atoms with van der Waals surface area (Å²) >= 11 is 0. The monoisotopic (exact) mass is 524 g/mol. The average molecular weight is 525 g/mol. The first kappa shape index (κ1) is 23.6. The zero-order chi connectivity index (χ0) is 26.7. The van der Waals surface area contributed by atoms with Crippen LogP contribution in [0.5, 0.6) is 0 Å². The predicted octanol–water partition coefficient (Wildman–Crippen LogP) is 6.61. The fourth-order valence-corrected chi connectivity index (χ4v) is 4.97. The maximum atomic E-state index is 5.76. The molecule has 0 radical (unpaired) electrons. The molecule has 0 fully saturated rings. The van der Waals surface area contributed by atoms with Crippen molar-refractivity contribution in [1.29, 1.82) is 0 Å². The smallest absolute Gasteiger partial charge is 0.192 e. The molecular formula is C32H24N6O2. The fraction of sp³-hybridized carbons (Fsp3) is 0.0625. The molecule has 4 heterocycles. The topological polar surface area (TPSA) is 82.7 Å². The number of rotatable bonds is 8. The molecule has 3 aromatic carbocycles. The largest absolute Gasteiger partial charge is 0.467 e. The third-order valence-electron chi connectivity index (χ3n) is 6.70. The second-order valence-electron chi connectivity index (χ2n) is 9.28. The van der Waals surface area contributed by atoms with Crippen molar-refractivity contribution < 1.29 is 9.25 Å². The van der Waals surface area contributed by atoms with E-state index in [0.29, 0.717) is 18.0 Å². The van der Waals surface area contributed by atoms with Crippen LogP contribution in [0.1, 0.15) is 17.1 Å². The van der Waals surface area contributed by atoms with Gasteiger partial charge in [0.25, 0.3) is 0 Å². The molecule has 40 heavy (non-hydrogen) atoms. The van der Waals surface area contributed by atoms with Gasteiger partial charge < -0.3 is 13.8 Å². The third-order valence-corrected chi connectivity index (χ3v) is 6.70. The van der Waals surface area contributed by atoms with Gasteiger partial charge in [0.2, 0.25) is 0 Å². The van der Waals surface area contributed by atoms with Gasteiger partial charge in [-0.3, -0.25) is 0 Å². The van der Waals surface area contributed by atoms with Crippen molar-refractivity contribution in [3.63, 3.8) is 0 Å². The Morgan fingerprint density at radius 1 is 0.800 bits per heavy atom. The van der Waals surface area contributed by atoms with Gasteiger partial charge in [-0.15, -0.1) is 5.10 Å². The number of oxime groups is 1. The van der Waals surface area contributed by atoms with Crippen LogP contribution in [-0.2, 0) is 18.0 Å². The molecule has 4 aromatic heterocycles. The molecule has 0 unspecified atom stereocenters. The minimum atomic E-state index is 0.131. The highest BCUT2D eigenvalue weighted by atomic mass is 16.6. The Morgan fingerprint density at radius 2 is 1.52 bits per heavy atom. The van der Waals surface area contributed by atoms with E-state index in [-0.39, 0.29) is 6.61 Å². The van der Waals surface area contributed by atoms with Crippen LogP contribution >= 0.6 is 0 Å². The maximum absolute atomic E-state index is 5.76. The van der Waals surface area contributed by atoms with Crippen molar-refractivity contribution in [1.82, 2.24) is 24.1 Å². The molecule has 194 valence electrons. The fourth-order valence-electron chi connectivity index (χ4n) is 4.97. The van der Waals surface area contributed by atoms with Crippen molar-refractivity contribution in [3.05, 3.63) is 133 Å². The van der Waals surface area contributed by atoms with E-state index in [0.717, 1.165) is 44.7 Å². The Hall–Kier alpha value is -5.50. The van der Waals surface area contributed by atoms with E-state index in [1.807, 2.05) is 78.9 Å². The summed E-state index contributed by atoms with van der Waals surface area (Å²) in [5, 5.41) is 9.64. The lowest BCUT2D eigenvalue weighted by atomic mass is 9.99. The lowest BCUT2D eigenvalue weighted by Crippen LogP contribution is -2.03.